The summed E-state index contributed by atoms with van der Waals surface area (Å²) in [6.07, 6.45) is 0. The fraction of sp³-hybridized carbons (Fsp3) is 0. The summed E-state index contributed by atoms with van der Waals surface area (Å²) in [5, 5.41) is 17.4. The summed E-state index contributed by atoms with van der Waals surface area (Å²) in [5.41, 5.74) is 7.08. The minimum atomic E-state index is -0.422. The Balaban J connectivity index is 2.06. The Morgan fingerprint density at radius 1 is 1.10 bits per heavy atom. The van der Waals surface area contributed by atoms with E-state index in [4.69, 9.17) is 22.5 Å². The summed E-state index contributed by atoms with van der Waals surface area (Å²) in [5.74, 6) is -0.0334. The molecule has 0 aliphatic heterocycles. The normalized spacial score (nSPS) is 11.0. The van der Waals surface area contributed by atoms with Gasteiger partial charge in [-0.2, -0.15) is 0 Å². The van der Waals surface area contributed by atoms with Crippen LogP contribution in [-0.4, -0.2) is 17.1 Å². The quantitative estimate of drug-likeness (QED) is 0.303. The van der Waals surface area contributed by atoms with Crippen molar-refractivity contribution in [3.05, 3.63) is 59.1 Å². The van der Waals surface area contributed by atoms with Crippen LogP contribution in [0.2, 0.25) is 5.02 Å². The van der Waals surface area contributed by atoms with Gasteiger partial charge in [0.25, 0.3) is 0 Å². The van der Waals surface area contributed by atoms with Gasteiger partial charge in [-0.1, -0.05) is 35.0 Å². The molecule has 2 aromatic rings. The van der Waals surface area contributed by atoms with Crippen LogP contribution in [0.15, 0.2) is 53.7 Å². The smallest absolute Gasteiger partial charge is 0.323 e. The lowest BCUT2D eigenvalue weighted by Crippen LogP contribution is -2.20. The van der Waals surface area contributed by atoms with Gasteiger partial charge < -0.3 is 21.6 Å². The molecule has 0 aromatic heterocycles. The Hall–Kier alpha value is -2.73. The highest BCUT2D eigenvalue weighted by Gasteiger charge is 2.05. The number of amides is 2. The number of carbonyl (C=O) groups excluding carboxylic acids is 1. The van der Waals surface area contributed by atoms with E-state index >= 15 is 0 Å². The van der Waals surface area contributed by atoms with Gasteiger partial charge in [0.05, 0.1) is 0 Å². The van der Waals surface area contributed by atoms with Crippen molar-refractivity contribution in [2.75, 3.05) is 10.6 Å². The maximum atomic E-state index is 11.9. The standard InChI is InChI=1S/C14H13ClN4O2/c15-10-4-2-6-12(8-10)18-14(20)17-11-5-1-3-9(7-11)13(16)19-21/h1-8,21H,(H2,16,19)(H2,17,18,20). The molecule has 5 N–H and O–H groups in total. The summed E-state index contributed by atoms with van der Waals surface area (Å²) in [6.45, 7) is 0. The average Bonchev–Trinajstić information content (AvgIpc) is 2.46. The van der Waals surface area contributed by atoms with Crippen LogP contribution in [0.4, 0.5) is 16.2 Å². The van der Waals surface area contributed by atoms with Crippen molar-refractivity contribution in [2.24, 2.45) is 10.9 Å². The molecule has 0 spiro atoms. The van der Waals surface area contributed by atoms with Crippen LogP contribution in [0.3, 0.4) is 0 Å². The van der Waals surface area contributed by atoms with Crippen LogP contribution in [0.5, 0.6) is 0 Å². The third kappa shape index (κ3) is 4.12. The van der Waals surface area contributed by atoms with E-state index in [1.54, 1.807) is 48.5 Å². The van der Waals surface area contributed by atoms with E-state index in [1.165, 1.54) is 0 Å². The number of nitrogens with zero attached hydrogens (tertiary/aromatic N) is 1. The van der Waals surface area contributed by atoms with Crippen molar-refractivity contribution in [2.45, 2.75) is 0 Å². The zero-order valence-corrected chi connectivity index (χ0v) is 11.6. The highest BCUT2D eigenvalue weighted by Crippen LogP contribution is 2.16. The number of hydrogen-bond donors (Lipinski definition) is 4. The van der Waals surface area contributed by atoms with Crippen LogP contribution in [0.1, 0.15) is 5.56 Å². The second-order valence-corrected chi connectivity index (χ2v) is 4.59. The summed E-state index contributed by atoms with van der Waals surface area (Å²) in [4.78, 5) is 11.9. The highest BCUT2D eigenvalue weighted by atomic mass is 35.5. The number of oxime groups is 1. The number of nitrogens with two attached hydrogens (primary N) is 1. The number of halogens is 1. The number of rotatable bonds is 3. The number of nitrogens with one attached hydrogen (secondary N) is 2. The number of benzene rings is 2. The number of anilines is 2. The van der Waals surface area contributed by atoms with Gasteiger partial charge in [-0.3, -0.25) is 0 Å². The van der Waals surface area contributed by atoms with Crippen molar-refractivity contribution in [1.82, 2.24) is 0 Å². The van der Waals surface area contributed by atoms with Gasteiger partial charge in [-0.15, -0.1) is 0 Å². The molecule has 7 heteroatoms. The third-order valence-electron chi connectivity index (χ3n) is 2.61. The molecule has 2 rings (SSSR count). The van der Waals surface area contributed by atoms with Gasteiger partial charge in [0.1, 0.15) is 0 Å². The van der Waals surface area contributed by atoms with Crippen molar-refractivity contribution >= 4 is 34.8 Å². The van der Waals surface area contributed by atoms with E-state index in [0.717, 1.165) is 0 Å². The van der Waals surface area contributed by atoms with Gasteiger partial charge in [0, 0.05) is 22.0 Å². The molecule has 0 aliphatic rings. The number of urea groups is 1. The summed E-state index contributed by atoms with van der Waals surface area (Å²) in [6, 6.07) is 13.0. The fourth-order valence-electron chi connectivity index (χ4n) is 1.67. The average molecular weight is 305 g/mol. The van der Waals surface area contributed by atoms with E-state index in [9.17, 15) is 4.79 Å². The molecule has 108 valence electrons. The minimum Gasteiger partial charge on any atom is -0.409 e. The first-order valence-electron chi connectivity index (χ1n) is 6.00. The predicted molar refractivity (Wildman–Crippen MR) is 83.0 cm³/mol. The maximum absolute atomic E-state index is 11.9. The first-order valence-corrected chi connectivity index (χ1v) is 6.38. The number of carbonyl (C=O) groups is 1. The highest BCUT2D eigenvalue weighted by molar-refractivity contribution is 6.30. The molecule has 2 aromatic carbocycles. The second-order valence-electron chi connectivity index (χ2n) is 4.16. The van der Waals surface area contributed by atoms with Gasteiger partial charge in [0.2, 0.25) is 0 Å². The molecule has 0 fully saturated rings. The van der Waals surface area contributed by atoms with Crippen LogP contribution in [0.25, 0.3) is 0 Å². The van der Waals surface area contributed by atoms with E-state index in [-0.39, 0.29) is 5.84 Å². The Labute approximate surface area is 126 Å². The Bertz CT molecular complexity index is 688. The topological polar surface area (TPSA) is 99.7 Å². The minimum absolute atomic E-state index is 0.0334. The maximum Gasteiger partial charge on any atom is 0.323 e. The molecule has 0 aliphatic carbocycles. The molecular formula is C14H13ClN4O2. The van der Waals surface area contributed by atoms with Crippen molar-refractivity contribution in [3.8, 4) is 0 Å². The number of hydrogen-bond acceptors (Lipinski definition) is 3. The van der Waals surface area contributed by atoms with Crippen molar-refractivity contribution < 1.29 is 10.0 Å². The largest absolute Gasteiger partial charge is 0.409 e. The fourth-order valence-corrected chi connectivity index (χ4v) is 1.86. The molecule has 0 heterocycles. The molecular weight excluding hydrogens is 292 g/mol. The molecule has 0 radical (unpaired) electrons. The second kappa shape index (κ2) is 6.62. The molecule has 0 atom stereocenters. The van der Waals surface area contributed by atoms with Gasteiger partial charge in [0.15, 0.2) is 5.84 Å². The summed E-state index contributed by atoms with van der Waals surface area (Å²) in [7, 11) is 0. The van der Waals surface area contributed by atoms with E-state index in [1.807, 2.05) is 0 Å². The lowest BCUT2D eigenvalue weighted by Gasteiger charge is -2.09. The molecule has 6 nitrogen and oxygen atoms in total. The molecule has 0 unspecified atom stereocenters. The van der Waals surface area contributed by atoms with Crippen LogP contribution in [0, 0.1) is 0 Å². The Morgan fingerprint density at radius 2 is 1.71 bits per heavy atom. The predicted octanol–water partition coefficient (Wildman–Crippen LogP) is 3.08. The third-order valence-corrected chi connectivity index (χ3v) is 2.84. The SMILES string of the molecule is N/C(=N/O)c1cccc(NC(=O)Nc2cccc(Cl)c2)c1. The molecule has 2 amide bonds. The lowest BCUT2D eigenvalue weighted by atomic mass is 10.2. The van der Waals surface area contributed by atoms with Crippen molar-refractivity contribution in [1.29, 1.82) is 0 Å². The lowest BCUT2D eigenvalue weighted by molar-refractivity contribution is 0.262. The number of amidine groups is 1. The van der Waals surface area contributed by atoms with Crippen LogP contribution >= 0.6 is 11.6 Å². The first kappa shape index (κ1) is 14.7. The molecule has 0 saturated carbocycles. The van der Waals surface area contributed by atoms with E-state index < -0.39 is 6.03 Å². The zero-order valence-electron chi connectivity index (χ0n) is 10.9. The molecule has 21 heavy (non-hydrogen) atoms. The van der Waals surface area contributed by atoms with E-state index in [0.29, 0.717) is 22.0 Å². The molecule has 0 saturated heterocycles. The summed E-state index contributed by atoms with van der Waals surface area (Å²) < 4.78 is 0. The van der Waals surface area contributed by atoms with Crippen LogP contribution < -0.4 is 16.4 Å². The van der Waals surface area contributed by atoms with Crippen molar-refractivity contribution in [3.63, 3.8) is 0 Å². The van der Waals surface area contributed by atoms with Gasteiger partial charge >= 0.3 is 6.03 Å². The monoisotopic (exact) mass is 304 g/mol. The molecule has 0 bridgehead atoms. The zero-order chi connectivity index (χ0) is 15.2. The van der Waals surface area contributed by atoms with Gasteiger partial charge in [-0.25, -0.2) is 4.79 Å². The summed E-state index contributed by atoms with van der Waals surface area (Å²) >= 11 is 5.84. The van der Waals surface area contributed by atoms with Gasteiger partial charge in [-0.05, 0) is 30.3 Å². The van der Waals surface area contributed by atoms with E-state index in [2.05, 4.69) is 15.8 Å². The Morgan fingerprint density at radius 3 is 2.33 bits per heavy atom. The Kier molecular flexibility index (Phi) is 4.63. The van der Waals surface area contributed by atoms with Crippen LogP contribution in [-0.2, 0) is 0 Å². The first-order chi connectivity index (χ1) is 10.1.